The van der Waals surface area contributed by atoms with Gasteiger partial charge in [-0.05, 0) is 36.2 Å². The van der Waals surface area contributed by atoms with Gasteiger partial charge in [-0.3, -0.25) is 19.7 Å². The van der Waals surface area contributed by atoms with Crippen molar-refractivity contribution in [1.82, 2.24) is 5.01 Å². The Hall–Kier alpha value is -3.03. The van der Waals surface area contributed by atoms with Crippen LogP contribution in [0.2, 0.25) is 0 Å². The highest BCUT2D eigenvalue weighted by Crippen LogP contribution is 2.73. The van der Waals surface area contributed by atoms with Crippen LogP contribution in [-0.2, 0) is 9.59 Å². The Kier molecular flexibility index (Phi) is 2.80. The number of carbonyl (C=O) groups excluding carboxylic acids is 2. The van der Waals surface area contributed by atoms with Crippen molar-refractivity contribution in [3.63, 3.8) is 0 Å². The van der Waals surface area contributed by atoms with Crippen LogP contribution in [0.25, 0.3) is 0 Å². The van der Waals surface area contributed by atoms with E-state index in [4.69, 9.17) is 0 Å². The molecule has 3 aliphatic carbocycles. The zero-order valence-corrected chi connectivity index (χ0v) is 13.6. The lowest BCUT2D eigenvalue weighted by Crippen LogP contribution is -2.30. The van der Waals surface area contributed by atoms with E-state index < -0.39 is 4.92 Å². The first-order valence-electron chi connectivity index (χ1n) is 8.51. The van der Waals surface area contributed by atoms with Gasteiger partial charge in [-0.25, -0.2) is 0 Å². The van der Waals surface area contributed by atoms with Crippen LogP contribution in [0, 0.1) is 39.2 Å². The number of non-ortho nitro benzene ring substituents is 1. The highest BCUT2D eigenvalue weighted by atomic mass is 16.6. The van der Waals surface area contributed by atoms with Crippen molar-refractivity contribution in [3.05, 3.63) is 46.0 Å². The second kappa shape index (κ2) is 4.78. The van der Waals surface area contributed by atoms with Crippen LogP contribution in [0.1, 0.15) is 18.4 Å². The van der Waals surface area contributed by atoms with Gasteiger partial charge in [-0.15, -0.1) is 0 Å². The lowest BCUT2D eigenvalue weighted by atomic mass is 9.85. The van der Waals surface area contributed by atoms with Crippen molar-refractivity contribution < 1.29 is 19.6 Å². The predicted octanol–water partition coefficient (Wildman–Crippen LogP) is 1.83. The van der Waals surface area contributed by atoms with Crippen molar-refractivity contribution >= 4 is 23.7 Å². The Morgan fingerprint density at radius 1 is 1.19 bits per heavy atom. The number of benzene rings is 1. The SMILES string of the molecule is O=C1[C@@H]2[C@H](C(=O)N1/N=C\c1cc([N+](=O)[O-])ccc1O)[C@@H]1C=C[C@H]2C12CC2. The van der Waals surface area contributed by atoms with Gasteiger partial charge in [0.25, 0.3) is 17.5 Å². The Balaban J connectivity index is 1.44. The Morgan fingerprint density at radius 3 is 2.35 bits per heavy atom. The zero-order valence-electron chi connectivity index (χ0n) is 13.6. The van der Waals surface area contributed by atoms with E-state index in [1.165, 1.54) is 12.1 Å². The lowest BCUT2D eigenvalue weighted by molar-refractivity contribution is -0.384. The number of amides is 2. The van der Waals surface area contributed by atoms with Crippen molar-refractivity contribution in [3.8, 4) is 5.75 Å². The van der Waals surface area contributed by atoms with Gasteiger partial charge >= 0.3 is 0 Å². The summed E-state index contributed by atoms with van der Waals surface area (Å²) in [7, 11) is 0. The summed E-state index contributed by atoms with van der Waals surface area (Å²) in [5.74, 6) is -1.32. The van der Waals surface area contributed by atoms with Gasteiger partial charge in [-0.1, -0.05) is 12.2 Å². The monoisotopic (exact) mass is 353 g/mol. The third-order valence-corrected chi connectivity index (χ3v) is 6.36. The molecule has 1 aromatic carbocycles. The number of hydrazone groups is 1. The van der Waals surface area contributed by atoms with Gasteiger partial charge in [0.15, 0.2) is 0 Å². The fraction of sp³-hybridized carbons (Fsp3) is 0.389. The summed E-state index contributed by atoms with van der Waals surface area (Å²) in [4.78, 5) is 35.8. The maximum atomic E-state index is 12.8. The smallest absolute Gasteiger partial charge is 0.270 e. The maximum absolute atomic E-state index is 12.8. The Labute approximate surface area is 147 Å². The molecule has 8 heteroatoms. The molecule has 4 atom stereocenters. The fourth-order valence-electron chi connectivity index (χ4n) is 5.06. The number of imide groups is 1. The summed E-state index contributed by atoms with van der Waals surface area (Å²) >= 11 is 0. The highest BCUT2D eigenvalue weighted by Gasteiger charge is 2.73. The zero-order chi connectivity index (χ0) is 18.2. The molecular weight excluding hydrogens is 338 g/mol. The van der Waals surface area contributed by atoms with Gasteiger partial charge in [0.1, 0.15) is 5.75 Å². The van der Waals surface area contributed by atoms with Crippen molar-refractivity contribution in [1.29, 1.82) is 0 Å². The number of rotatable bonds is 3. The molecule has 1 N–H and O–H groups in total. The minimum Gasteiger partial charge on any atom is -0.507 e. The summed E-state index contributed by atoms with van der Waals surface area (Å²) < 4.78 is 0. The van der Waals surface area contributed by atoms with E-state index in [-0.39, 0.29) is 57.9 Å². The lowest BCUT2D eigenvalue weighted by Gasteiger charge is -2.18. The quantitative estimate of drug-likeness (QED) is 0.293. The molecule has 2 amide bonds. The predicted molar refractivity (Wildman–Crippen MR) is 89.0 cm³/mol. The minimum absolute atomic E-state index is 0.0802. The molecule has 26 heavy (non-hydrogen) atoms. The molecule has 3 fully saturated rings. The minimum atomic E-state index is -0.591. The van der Waals surface area contributed by atoms with E-state index in [9.17, 15) is 24.8 Å². The fourth-order valence-corrected chi connectivity index (χ4v) is 5.06. The summed E-state index contributed by atoms with van der Waals surface area (Å²) in [6.45, 7) is 0. The van der Waals surface area contributed by atoms with Crippen LogP contribution in [0.15, 0.2) is 35.5 Å². The average molecular weight is 353 g/mol. The molecule has 2 bridgehead atoms. The normalized spacial score (nSPS) is 32.8. The first kappa shape index (κ1) is 15.2. The third-order valence-electron chi connectivity index (χ3n) is 6.36. The number of hydrogen-bond acceptors (Lipinski definition) is 6. The molecule has 0 unspecified atom stereocenters. The number of carbonyl (C=O) groups is 2. The van der Waals surface area contributed by atoms with Crippen molar-refractivity contribution in [2.75, 3.05) is 0 Å². The van der Waals surface area contributed by atoms with Crippen LogP contribution < -0.4 is 0 Å². The first-order chi connectivity index (χ1) is 12.4. The average Bonchev–Trinajstić information content (AvgIpc) is 3.21. The van der Waals surface area contributed by atoms with Crippen LogP contribution in [-0.4, -0.2) is 33.1 Å². The number of nitro benzene ring substituents is 1. The van der Waals surface area contributed by atoms with E-state index in [0.717, 1.165) is 30.1 Å². The topological polar surface area (TPSA) is 113 Å². The highest BCUT2D eigenvalue weighted by molar-refractivity contribution is 6.07. The van der Waals surface area contributed by atoms with Gasteiger partial charge in [0.2, 0.25) is 0 Å². The molecule has 5 rings (SSSR count). The first-order valence-corrected chi connectivity index (χ1v) is 8.51. The molecule has 8 nitrogen and oxygen atoms in total. The molecule has 0 radical (unpaired) electrons. The molecule has 0 aromatic heterocycles. The second-order valence-corrected chi connectivity index (χ2v) is 7.45. The Morgan fingerprint density at radius 2 is 1.81 bits per heavy atom. The molecule has 1 aliphatic heterocycles. The number of aromatic hydroxyl groups is 1. The molecular formula is C18H15N3O5. The number of nitrogens with zero attached hydrogens (tertiary/aromatic N) is 3. The van der Waals surface area contributed by atoms with E-state index in [1.807, 2.05) is 0 Å². The van der Waals surface area contributed by atoms with Gasteiger partial charge in [-0.2, -0.15) is 10.1 Å². The van der Waals surface area contributed by atoms with Crippen molar-refractivity contribution in [2.45, 2.75) is 12.8 Å². The largest absolute Gasteiger partial charge is 0.507 e. The second-order valence-electron chi connectivity index (χ2n) is 7.45. The molecule has 1 saturated heterocycles. The van der Waals surface area contributed by atoms with E-state index in [2.05, 4.69) is 17.3 Å². The number of fused-ring (bicyclic) bond motifs is 3. The van der Waals surface area contributed by atoms with Crippen LogP contribution in [0.4, 0.5) is 5.69 Å². The number of phenols is 1. The number of hydrogen-bond donors (Lipinski definition) is 1. The van der Waals surface area contributed by atoms with Gasteiger partial charge < -0.3 is 5.11 Å². The molecule has 132 valence electrons. The molecule has 1 spiro atoms. The van der Waals surface area contributed by atoms with Crippen molar-refractivity contribution in [2.24, 2.45) is 34.2 Å². The summed E-state index contributed by atoms with van der Waals surface area (Å²) in [6, 6.07) is 3.50. The summed E-state index contributed by atoms with van der Waals surface area (Å²) in [5, 5.41) is 25.5. The summed E-state index contributed by atoms with van der Waals surface area (Å²) in [6.07, 6.45) is 7.40. The summed E-state index contributed by atoms with van der Waals surface area (Å²) in [5.41, 5.74) is -0.0101. The maximum Gasteiger partial charge on any atom is 0.270 e. The molecule has 2 saturated carbocycles. The van der Waals surface area contributed by atoms with Gasteiger partial charge in [0, 0.05) is 17.7 Å². The van der Waals surface area contributed by atoms with E-state index in [0.29, 0.717) is 0 Å². The van der Waals surface area contributed by atoms with E-state index >= 15 is 0 Å². The number of allylic oxidation sites excluding steroid dienone is 2. The Bertz CT molecular complexity index is 899. The standard InChI is InChI=1S/C18H15N3O5/c22-13-4-1-10(21(25)26)7-9(13)8-19-20-16(23)14-11-2-3-12(15(14)17(20)24)18(11)5-6-18/h1-4,7-8,11-12,14-15,22H,5-6H2/b19-8-/t11-,12+,14+,15-. The van der Waals surface area contributed by atoms with E-state index in [1.54, 1.807) is 0 Å². The number of phenolic OH excluding ortho intramolecular Hbond substituents is 1. The van der Waals surface area contributed by atoms with Crippen LogP contribution >= 0.6 is 0 Å². The van der Waals surface area contributed by atoms with Crippen LogP contribution in [0.3, 0.4) is 0 Å². The van der Waals surface area contributed by atoms with Gasteiger partial charge in [0.05, 0.1) is 23.0 Å². The third kappa shape index (κ3) is 1.76. The molecule has 1 heterocycles. The molecule has 4 aliphatic rings. The van der Waals surface area contributed by atoms with Crippen LogP contribution in [0.5, 0.6) is 5.75 Å². The molecule has 1 aromatic rings. The number of nitro groups is 1.